The van der Waals surface area contributed by atoms with Gasteiger partial charge in [0.15, 0.2) is 5.82 Å². The van der Waals surface area contributed by atoms with E-state index in [1.165, 1.54) is 12.8 Å². The van der Waals surface area contributed by atoms with E-state index in [2.05, 4.69) is 32.8 Å². The molecular weight excluding hydrogens is 224 g/mol. The van der Waals surface area contributed by atoms with E-state index in [4.69, 9.17) is 10.7 Å². The highest BCUT2D eigenvalue weighted by Gasteiger charge is 2.37. The van der Waals surface area contributed by atoms with E-state index in [0.717, 1.165) is 30.4 Å². The van der Waals surface area contributed by atoms with Crippen LogP contribution in [0.15, 0.2) is 0 Å². The second-order valence-corrected chi connectivity index (χ2v) is 6.97. The Morgan fingerprint density at radius 3 is 2.28 bits per heavy atom. The van der Waals surface area contributed by atoms with Crippen LogP contribution in [0.3, 0.4) is 0 Å². The highest BCUT2D eigenvalue weighted by atomic mass is 15.3. The summed E-state index contributed by atoms with van der Waals surface area (Å²) in [5, 5.41) is 4.55. The predicted molar refractivity (Wildman–Crippen MR) is 73.2 cm³/mol. The van der Waals surface area contributed by atoms with Crippen molar-refractivity contribution < 1.29 is 0 Å². The molecule has 2 rings (SSSR count). The molecule has 1 aliphatic rings. The summed E-state index contributed by atoms with van der Waals surface area (Å²) in [4.78, 5) is 4.73. The van der Waals surface area contributed by atoms with Gasteiger partial charge in [0.05, 0.1) is 5.54 Å². The Balaban J connectivity index is 2.31. The van der Waals surface area contributed by atoms with Gasteiger partial charge in [-0.1, -0.05) is 27.7 Å². The first-order valence-corrected chi connectivity index (χ1v) is 6.93. The number of nitrogens with two attached hydrogens (primary N) is 1. The zero-order valence-corrected chi connectivity index (χ0v) is 12.3. The number of aryl methyl sites for hydroxylation is 1. The summed E-state index contributed by atoms with van der Waals surface area (Å²) in [7, 11) is 1.96. The van der Waals surface area contributed by atoms with Crippen LogP contribution in [0.1, 0.15) is 65.0 Å². The van der Waals surface area contributed by atoms with E-state index in [1.807, 2.05) is 11.7 Å². The monoisotopic (exact) mass is 250 g/mol. The summed E-state index contributed by atoms with van der Waals surface area (Å²) >= 11 is 0. The molecule has 0 atom stereocenters. The summed E-state index contributed by atoms with van der Waals surface area (Å²) in [6.07, 6.45) is 4.41. The van der Waals surface area contributed by atoms with Gasteiger partial charge in [-0.25, -0.2) is 4.98 Å². The minimum atomic E-state index is -0.280. The molecule has 0 unspecified atom stereocenters. The van der Waals surface area contributed by atoms with Crippen LogP contribution in [-0.4, -0.2) is 14.8 Å². The third-order valence-electron chi connectivity index (χ3n) is 4.05. The average molecular weight is 250 g/mol. The van der Waals surface area contributed by atoms with Gasteiger partial charge in [0.2, 0.25) is 0 Å². The largest absolute Gasteiger partial charge is 0.319 e. The summed E-state index contributed by atoms with van der Waals surface area (Å²) in [5.41, 5.74) is 6.28. The van der Waals surface area contributed by atoms with Crippen LogP contribution in [0, 0.1) is 5.92 Å². The molecule has 1 fully saturated rings. The fourth-order valence-corrected chi connectivity index (χ4v) is 2.64. The van der Waals surface area contributed by atoms with E-state index < -0.39 is 0 Å². The molecule has 0 saturated heterocycles. The van der Waals surface area contributed by atoms with Gasteiger partial charge in [-0.05, 0) is 31.6 Å². The fraction of sp³-hybridized carbons (Fsp3) is 0.857. The molecule has 102 valence electrons. The maximum Gasteiger partial charge on any atom is 0.156 e. The Hall–Kier alpha value is -0.900. The first-order chi connectivity index (χ1) is 8.22. The van der Waals surface area contributed by atoms with Crippen LogP contribution in [0.25, 0.3) is 0 Å². The van der Waals surface area contributed by atoms with Crippen LogP contribution >= 0.6 is 0 Å². The number of hydrogen-bond acceptors (Lipinski definition) is 3. The van der Waals surface area contributed by atoms with Crippen molar-refractivity contribution in [1.29, 1.82) is 0 Å². The molecule has 2 N–H and O–H groups in total. The Morgan fingerprint density at radius 1 is 1.28 bits per heavy atom. The molecule has 0 bridgehead atoms. The van der Waals surface area contributed by atoms with Gasteiger partial charge in [-0.3, -0.25) is 4.68 Å². The zero-order chi connectivity index (χ0) is 13.6. The van der Waals surface area contributed by atoms with E-state index >= 15 is 0 Å². The smallest absolute Gasteiger partial charge is 0.156 e. The topological polar surface area (TPSA) is 56.7 Å². The highest BCUT2D eigenvalue weighted by molar-refractivity contribution is 5.12. The lowest BCUT2D eigenvalue weighted by Gasteiger charge is -2.34. The van der Waals surface area contributed by atoms with Crippen LogP contribution in [0.5, 0.6) is 0 Å². The van der Waals surface area contributed by atoms with E-state index in [-0.39, 0.29) is 11.0 Å². The lowest BCUT2D eigenvalue weighted by atomic mass is 9.77. The maximum atomic E-state index is 6.58. The molecule has 0 aromatic carbocycles. The van der Waals surface area contributed by atoms with Gasteiger partial charge < -0.3 is 5.73 Å². The third-order valence-corrected chi connectivity index (χ3v) is 4.05. The number of rotatable bonds is 1. The van der Waals surface area contributed by atoms with Gasteiger partial charge in [-0.15, -0.1) is 0 Å². The molecule has 4 heteroatoms. The Bertz CT molecular complexity index is 419. The molecule has 0 spiro atoms. The van der Waals surface area contributed by atoms with E-state index in [0.29, 0.717) is 0 Å². The average Bonchev–Trinajstić information content (AvgIpc) is 2.65. The molecule has 1 heterocycles. The van der Waals surface area contributed by atoms with Gasteiger partial charge in [0.25, 0.3) is 0 Å². The molecule has 0 radical (unpaired) electrons. The number of aromatic nitrogens is 3. The van der Waals surface area contributed by atoms with Crippen LogP contribution in [0.4, 0.5) is 0 Å². The first kappa shape index (κ1) is 13.5. The van der Waals surface area contributed by atoms with Crippen molar-refractivity contribution in [3.8, 4) is 0 Å². The molecule has 4 nitrogen and oxygen atoms in total. The van der Waals surface area contributed by atoms with Crippen molar-refractivity contribution in [2.45, 2.75) is 64.3 Å². The van der Waals surface area contributed by atoms with Gasteiger partial charge in [0.1, 0.15) is 5.82 Å². The second-order valence-electron chi connectivity index (χ2n) is 6.97. The first-order valence-electron chi connectivity index (χ1n) is 6.93. The Labute approximate surface area is 110 Å². The van der Waals surface area contributed by atoms with Gasteiger partial charge in [-0.2, -0.15) is 5.10 Å². The SMILES string of the molecule is CC1CCC(N)(c2nc(C(C)(C)C)nn2C)CC1. The van der Waals surface area contributed by atoms with E-state index in [1.54, 1.807) is 0 Å². The van der Waals surface area contributed by atoms with Crippen LogP contribution in [-0.2, 0) is 18.0 Å². The summed E-state index contributed by atoms with van der Waals surface area (Å²) in [6.45, 7) is 8.71. The van der Waals surface area contributed by atoms with Crippen LogP contribution in [0.2, 0.25) is 0 Å². The second kappa shape index (κ2) is 4.34. The lowest BCUT2D eigenvalue weighted by molar-refractivity contribution is 0.231. The Kier molecular flexibility index (Phi) is 3.26. The maximum absolute atomic E-state index is 6.58. The van der Waals surface area contributed by atoms with Gasteiger partial charge >= 0.3 is 0 Å². The standard InChI is InChI=1S/C14H26N4/c1-10-6-8-14(15,9-7-10)12-16-11(13(2,3)4)17-18(12)5/h10H,6-9,15H2,1-5H3. The summed E-state index contributed by atoms with van der Waals surface area (Å²) < 4.78 is 1.89. The molecule has 1 saturated carbocycles. The zero-order valence-electron chi connectivity index (χ0n) is 12.3. The molecular formula is C14H26N4. The van der Waals surface area contributed by atoms with Crippen molar-refractivity contribution in [3.05, 3.63) is 11.6 Å². The minimum absolute atomic E-state index is 0.0195. The van der Waals surface area contributed by atoms with Gasteiger partial charge in [0, 0.05) is 12.5 Å². The quantitative estimate of drug-likeness (QED) is 0.833. The molecule has 0 amide bonds. The number of nitrogens with zero attached hydrogens (tertiary/aromatic N) is 3. The van der Waals surface area contributed by atoms with E-state index in [9.17, 15) is 0 Å². The normalized spacial score (nSPS) is 29.6. The summed E-state index contributed by atoms with van der Waals surface area (Å²) in [6, 6.07) is 0. The molecule has 1 aliphatic carbocycles. The summed E-state index contributed by atoms with van der Waals surface area (Å²) in [5.74, 6) is 2.64. The molecule has 0 aliphatic heterocycles. The molecule has 1 aromatic rings. The van der Waals surface area contributed by atoms with Crippen molar-refractivity contribution in [2.75, 3.05) is 0 Å². The van der Waals surface area contributed by atoms with Crippen molar-refractivity contribution in [2.24, 2.45) is 18.7 Å². The molecule has 1 aromatic heterocycles. The van der Waals surface area contributed by atoms with Crippen molar-refractivity contribution in [3.63, 3.8) is 0 Å². The fourth-order valence-electron chi connectivity index (χ4n) is 2.64. The minimum Gasteiger partial charge on any atom is -0.319 e. The van der Waals surface area contributed by atoms with Crippen molar-refractivity contribution >= 4 is 0 Å². The lowest BCUT2D eigenvalue weighted by Crippen LogP contribution is -2.42. The number of hydrogen-bond donors (Lipinski definition) is 1. The molecule has 18 heavy (non-hydrogen) atoms. The predicted octanol–water partition coefficient (Wildman–Crippen LogP) is 2.48. The highest BCUT2D eigenvalue weighted by Crippen LogP contribution is 2.36. The Morgan fingerprint density at radius 2 is 1.83 bits per heavy atom. The third kappa shape index (κ3) is 2.44. The van der Waals surface area contributed by atoms with Crippen molar-refractivity contribution in [1.82, 2.24) is 14.8 Å². The van der Waals surface area contributed by atoms with Crippen LogP contribution < -0.4 is 5.73 Å².